The number of rotatable bonds is 2. The van der Waals surface area contributed by atoms with Crippen molar-refractivity contribution in [1.82, 2.24) is 10.2 Å². The Morgan fingerprint density at radius 1 is 0.840 bits per heavy atom. The van der Waals surface area contributed by atoms with E-state index in [2.05, 4.69) is 20.2 Å². The van der Waals surface area contributed by atoms with Gasteiger partial charge in [-0.05, 0) is 37.5 Å². The highest BCUT2D eigenvalue weighted by molar-refractivity contribution is 6.43. The van der Waals surface area contributed by atoms with E-state index < -0.39 is 0 Å². The molecule has 25 heavy (non-hydrogen) atoms. The molecular weight excluding hydrogens is 312 g/mol. The van der Waals surface area contributed by atoms with E-state index in [-0.39, 0.29) is 0 Å². The maximum Gasteiger partial charge on any atom is 0.220 e. The molecule has 3 saturated carbocycles. The summed E-state index contributed by atoms with van der Waals surface area (Å²) in [5.41, 5.74) is 2.24. The third-order valence-electron chi connectivity index (χ3n) is 6.74. The standard InChI is InChI=1S/C20H30N4O/c1-21-17-11-10-14(12-18(17)22-2)19-23-24-20(25-19)16-9-5-7-13-6-3-4-8-15(13)16/h13-16H,3-12H2,1-2H3. The smallest absolute Gasteiger partial charge is 0.220 e. The molecule has 0 bridgehead atoms. The molecule has 4 unspecified atom stereocenters. The molecule has 0 aliphatic heterocycles. The Balaban J connectivity index is 1.50. The van der Waals surface area contributed by atoms with Crippen LogP contribution in [0.5, 0.6) is 0 Å². The molecule has 3 aliphatic rings. The zero-order chi connectivity index (χ0) is 17.2. The molecular formula is C20H30N4O. The molecule has 0 amide bonds. The van der Waals surface area contributed by atoms with Crippen LogP contribution in [-0.2, 0) is 0 Å². The van der Waals surface area contributed by atoms with E-state index in [1.807, 2.05) is 14.1 Å². The summed E-state index contributed by atoms with van der Waals surface area (Å²) in [6.07, 6.45) is 12.3. The van der Waals surface area contributed by atoms with E-state index in [9.17, 15) is 0 Å². The SMILES string of the molecule is CN=C1CCC(c2nnc(C3CCCC4CCCCC43)o2)CC1=NC. The first-order chi connectivity index (χ1) is 12.3. The maximum absolute atomic E-state index is 6.26. The van der Waals surface area contributed by atoms with Crippen molar-refractivity contribution in [1.29, 1.82) is 0 Å². The first-order valence-corrected chi connectivity index (χ1v) is 10.0. The van der Waals surface area contributed by atoms with Crippen molar-refractivity contribution in [3.63, 3.8) is 0 Å². The molecule has 3 aliphatic carbocycles. The molecule has 0 N–H and O–H groups in total. The van der Waals surface area contributed by atoms with Crippen LogP contribution in [-0.4, -0.2) is 35.7 Å². The van der Waals surface area contributed by atoms with Crippen molar-refractivity contribution in [2.45, 2.75) is 76.0 Å². The summed E-state index contributed by atoms with van der Waals surface area (Å²) in [6, 6.07) is 0. The largest absolute Gasteiger partial charge is 0.425 e. The van der Waals surface area contributed by atoms with E-state index in [0.717, 1.165) is 54.3 Å². The average Bonchev–Trinajstić information content (AvgIpc) is 3.17. The van der Waals surface area contributed by atoms with Gasteiger partial charge in [-0.1, -0.05) is 32.1 Å². The molecule has 0 spiro atoms. The minimum atomic E-state index is 0.302. The second kappa shape index (κ2) is 7.38. The summed E-state index contributed by atoms with van der Waals surface area (Å²) in [7, 11) is 3.71. The number of hydrogen-bond acceptors (Lipinski definition) is 5. The van der Waals surface area contributed by atoms with Gasteiger partial charge in [0.05, 0.1) is 11.4 Å². The van der Waals surface area contributed by atoms with Crippen LogP contribution in [0.4, 0.5) is 0 Å². The zero-order valence-corrected chi connectivity index (χ0v) is 15.6. The minimum Gasteiger partial charge on any atom is -0.425 e. The van der Waals surface area contributed by atoms with Crippen LogP contribution in [0.1, 0.15) is 87.8 Å². The lowest BCUT2D eigenvalue weighted by Gasteiger charge is -2.39. The van der Waals surface area contributed by atoms with Gasteiger partial charge in [-0.2, -0.15) is 0 Å². The number of aromatic nitrogens is 2. The summed E-state index contributed by atoms with van der Waals surface area (Å²) in [5, 5.41) is 8.97. The summed E-state index contributed by atoms with van der Waals surface area (Å²) < 4.78 is 6.26. The summed E-state index contributed by atoms with van der Waals surface area (Å²) in [5.74, 6) is 4.20. The molecule has 136 valence electrons. The van der Waals surface area contributed by atoms with Gasteiger partial charge in [0.25, 0.3) is 0 Å². The fourth-order valence-electron chi connectivity index (χ4n) is 5.39. The summed E-state index contributed by atoms with van der Waals surface area (Å²) >= 11 is 0. The van der Waals surface area contributed by atoms with Crippen LogP contribution in [0.15, 0.2) is 14.4 Å². The Morgan fingerprint density at radius 2 is 1.60 bits per heavy atom. The predicted molar refractivity (Wildman–Crippen MR) is 99.6 cm³/mol. The van der Waals surface area contributed by atoms with E-state index >= 15 is 0 Å². The molecule has 0 saturated heterocycles. The minimum absolute atomic E-state index is 0.302. The van der Waals surface area contributed by atoms with Crippen LogP contribution < -0.4 is 0 Å². The van der Waals surface area contributed by atoms with E-state index in [4.69, 9.17) is 4.42 Å². The summed E-state index contributed by atoms with van der Waals surface area (Å²) in [4.78, 5) is 8.79. The Morgan fingerprint density at radius 3 is 2.44 bits per heavy atom. The molecule has 4 rings (SSSR count). The number of hydrogen-bond donors (Lipinski definition) is 0. The van der Waals surface area contributed by atoms with Crippen LogP contribution in [0.2, 0.25) is 0 Å². The average molecular weight is 342 g/mol. The van der Waals surface area contributed by atoms with Crippen LogP contribution in [0, 0.1) is 11.8 Å². The first kappa shape index (κ1) is 16.9. The fourth-order valence-corrected chi connectivity index (χ4v) is 5.39. The molecule has 1 aromatic rings. The lowest BCUT2D eigenvalue weighted by Crippen LogP contribution is -2.29. The van der Waals surface area contributed by atoms with Gasteiger partial charge in [-0.25, -0.2) is 0 Å². The van der Waals surface area contributed by atoms with Crippen molar-refractivity contribution in [3.05, 3.63) is 11.8 Å². The van der Waals surface area contributed by atoms with Gasteiger partial charge >= 0.3 is 0 Å². The van der Waals surface area contributed by atoms with Crippen molar-refractivity contribution >= 4 is 11.4 Å². The molecule has 5 heteroatoms. The monoisotopic (exact) mass is 342 g/mol. The molecule has 0 radical (unpaired) electrons. The Bertz CT molecular complexity index is 660. The summed E-state index contributed by atoms with van der Waals surface area (Å²) in [6.45, 7) is 0. The molecule has 3 fully saturated rings. The first-order valence-electron chi connectivity index (χ1n) is 10.0. The molecule has 1 heterocycles. The van der Waals surface area contributed by atoms with Crippen molar-refractivity contribution in [3.8, 4) is 0 Å². The lowest BCUT2D eigenvalue weighted by molar-refractivity contribution is 0.128. The fraction of sp³-hybridized carbons (Fsp3) is 0.800. The number of aliphatic imine (C=N–C) groups is 2. The Labute approximate surface area is 150 Å². The van der Waals surface area contributed by atoms with Crippen LogP contribution in [0.25, 0.3) is 0 Å². The maximum atomic E-state index is 6.26. The van der Waals surface area contributed by atoms with Gasteiger partial charge in [0.2, 0.25) is 11.8 Å². The quantitative estimate of drug-likeness (QED) is 0.792. The normalized spacial score (nSPS) is 36.6. The van der Waals surface area contributed by atoms with Gasteiger partial charge in [-0.15, -0.1) is 10.2 Å². The molecule has 0 aromatic carbocycles. The molecule has 4 atom stereocenters. The molecule has 5 nitrogen and oxygen atoms in total. The van der Waals surface area contributed by atoms with Gasteiger partial charge in [0.1, 0.15) is 0 Å². The third kappa shape index (κ3) is 3.30. The third-order valence-corrected chi connectivity index (χ3v) is 6.74. The highest BCUT2D eigenvalue weighted by Gasteiger charge is 2.39. The second-order valence-corrected chi connectivity index (χ2v) is 8.00. The second-order valence-electron chi connectivity index (χ2n) is 8.00. The number of fused-ring (bicyclic) bond motifs is 1. The highest BCUT2D eigenvalue weighted by Crippen LogP contribution is 2.48. The van der Waals surface area contributed by atoms with E-state index in [1.54, 1.807) is 0 Å². The van der Waals surface area contributed by atoms with E-state index in [0.29, 0.717) is 11.8 Å². The zero-order valence-electron chi connectivity index (χ0n) is 15.6. The Hall–Kier alpha value is -1.52. The van der Waals surface area contributed by atoms with Crippen LogP contribution in [0.3, 0.4) is 0 Å². The Kier molecular flexibility index (Phi) is 5.00. The van der Waals surface area contributed by atoms with Gasteiger partial charge in [0, 0.05) is 32.4 Å². The predicted octanol–water partition coefficient (Wildman–Crippen LogP) is 4.55. The topological polar surface area (TPSA) is 63.6 Å². The van der Waals surface area contributed by atoms with Crippen molar-refractivity contribution < 1.29 is 4.42 Å². The lowest BCUT2D eigenvalue weighted by atomic mass is 9.65. The molecule has 1 aromatic heterocycles. The van der Waals surface area contributed by atoms with Gasteiger partial charge in [0.15, 0.2) is 0 Å². The number of nitrogens with zero attached hydrogens (tertiary/aromatic N) is 4. The van der Waals surface area contributed by atoms with Crippen LogP contribution >= 0.6 is 0 Å². The van der Waals surface area contributed by atoms with Gasteiger partial charge < -0.3 is 4.42 Å². The van der Waals surface area contributed by atoms with E-state index in [1.165, 1.54) is 44.9 Å². The van der Waals surface area contributed by atoms with Crippen molar-refractivity contribution in [2.24, 2.45) is 21.8 Å². The highest BCUT2D eigenvalue weighted by atomic mass is 16.4. The van der Waals surface area contributed by atoms with Gasteiger partial charge in [-0.3, -0.25) is 9.98 Å². The van der Waals surface area contributed by atoms with Crippen molar-refractivity contribution in [2.75, 3.05) is 14.1 Å².